The molecular weight excluding hydrogens is 279 g/mol. The molecule has 0 spiro atoms. The Morgan fingerprint density at radius 2 is 1.41 bits per heavy atom. The number of fused-ring (bicyclic) bond motifs is 1. The second-order valence-corrected chi connectivity index (χ2v) is 4.90. The molecule has 22 heavy (non-hydrogen) atoms. The van der Waals surface area contributed by atoms with Crippen molar-refractivity contribution in [3.63, 3.8) is 0 Å². The van der Waals surface area contributed by atoms with E-state index in [1.807, 2.05) is 30.5 Å². The van der Waals surface area contributed by atoms with Gasteiger partial charge in [0.25, 0.3) is 5.78 Å². The normalized spacial score (nSPS) is 11.0. The lowest BCUT2D eigenvalue weighted by Crippen LogP contribution is -1.89. The fourth-order valence-electron chi connectivity index (χ4n) is 2.35. The SMILES string of the molecule is Fc1ccc(-c2ccc(-c3cn4nccnc4n3)cc2)cc1. The number of hydrogen-bond acceptors (Lipinski definition) is 3. The quantitative estimate of drug-likeness (QED) is 0.566. The highest BCUT2D eigenvalue weighted by Gasteiger charge is 2.06. The van der Waals surface area contributed by atoms with Crippen LogP contribution in [-0.4, -0.2) is 19.6 Å². The van der Waals surface area contributed by atoms with E-state index in [9.17, 15) is 4.39 Å². The Bertz CT molecular complexity index is 894. The van der Waals surface area contributed by atoms with E-state index in [1.165, 1.54) is 12.1 Å². The lowest BCUT2D eigenvalue weighted by molar-refractivity contribution is 0.628. The second-order valence-electron chi connectivity index (χ2n) is 4.90. The molecule has 2 aromatic carbocycles. The maximum Gasteiger partial charge on any atom is 0.251 e. The first-order valence-corrected chi connectivity index (χ1v) is 6.82. The minimum absolute atomic E-state index is 0.231. The summed E-state index contributed by atoms with van der Waals surface area (Å²) in [5, 5.41) is 4.16. The van der Waals surface area contributed by atoms with Crippen LogP contribution in [0.25, 0.3) is 28.2 Å². The topological polar surface area (TPSA) is 43.1 Å². The lowest BCUT2D eigenvalue weighted by atomic mass is 10.0. The third-order valence-electron chi connectivity index (χ3n) is 3.48. The highest BCUT2D eigenvalue weighted by atomic mass is 19.1. The molecule has 0 bridgehead atoms. The van der Waals surface area contributed by atoms with Crippen molar-refractivity contribution < 1.29 is 4.39 Å². The van der Waals surface area contributed by atoms with E-state index >= 15 is 0 Å². The van der Waals surface area contributed by atoms with Crippen LogP contribution >= 0.6 is 0 Å². The largest absolute Gasteiger partial charge is 0.251 e. The summed E-state index contributed by atoms with van der Waals surface area (Å²) in [6.45, 7) is 0. The molecule has 0 unspecified atom stereocenters. The monoisotopic (exact) mass is 290 g/mol. The zero-order chi connectivity index (χ0) is 14.9. The van der Waals surface area contributed by atoms with Crippen molar-refractivity contribution in [2.45, 2.75) is 0 Å². The van der Waals surface area contributed by atoms with E-state index in [2.05, 4.69) is 15.1 Å². The van der Waals surface area contributed by atoms with E-state index in [4.69, 9.17) is 0 Å². The van der Waals surface area contributed by atoms with Crippen molar-refractivity contribution >= 4 is 5.78 Å². The fourth-order valence-corrected chi connectivity index (χ4v) is 2.35. The average molecular weight is 290 g/mol. The average Bonchev–Trinajstić information content (AvgIpc) is 3.00. The Balaban J connectivity index is 1.70. The first-order chi connectivity index (χ1) is 10.8. The molecule has 0 atom stereocenters. The van der Waals surface area contributed by atoms with E-state index in [0.717, 1.165) is 22.4 Å². The highest BCUT2D eigenvalue weighted by Crippen LogP contribution is 2.24. The van der Waals surface area contributed by atoms with Crippen LogP contribution in [0.1, 0.15) is 0 Å². The molecule has 106 valence electrons. The van der Waals surface area contributed by atoms with Gasteiger partial charge in [0.1, 0.15) is 5.82 Å². The van der Waals surface area contributed by atoms with Crippen LogP contribution in [0.3, 0.4) is 0 Å². The van der Waals surface area contributed by atoms with Crippen molar-refractivity contribution in [3.8, 4) is 22.4 Å². The summed E-state index contributed by atoms with van der Waals surface area (Å²) in [5.41, 5.74) is 3.81. The predicted octanol–water partition coefficient (Wildman–Crippen LogP) is 3.60. The molecule has 4 aromatic rings. The van der Waals surface area contributed by atoms with Gasteiger partial charge >= 0.3 is 0 Å². The molecule has 0 aliphatic rings. The summed E-state index contributed by atoms with van der Waals surface area (Å²) in [6, 6.07) is 14.4. The van der Waals surface area contributed by atoms with E-state index in [0.29, 0.717) is 5.78 Å². The number of hydrogen-bond donors (Lipinski definition) is 0. The summed E-state index contributed by atoms with van der Waals surface area (Å²) in [7, 11) is 0. The number of aromatic nitrogens is 4. The maximum absolute atomic E-state index is 13.0. The Morgan fingerprint density at radius 3 is 2.09 bits per heavy atom. The summed E-state index contributed by atoms with van der Waals surface area (Å²) in [6.07, 6.45) is 5.08. The smallest absolute Gasteiger partial charge is 0.218 e. The van der Waals surface area contributed by atoms with Crippen LogP contribution in [0, 0.1) is 5.82 Å². The first-order valence-electron chi connectivity index (χ1n) is 6.82. The van der Waals surface area contributed by atoms with Crippen LogP contribution in [-0.2, 0) is 0 Å². The van der Waals surface area contributed by atoms with Gasteiger partial charge in [0.05, 0.1) is 24.3 Å². The third-order valence-corrected chi connectivity index (χ3v) is 3.48. The van der Waals surface area contributed by atoms with Crippen molar-refractivity contribution in [3.05, 3.63) is 72.9 Å². The number of imidazole rings is 1. The van der Waals surface area contributed by atoms with Crippen LogP contribution in [0.2, 0.25) is 0 Å². The number of nitrogens with zero attached hydrogens (tertiary/aromatic N) is 4. The van der Waals surface area contributed by atoms with Gasteiger partial charge < -0.3 is 0 Å². The summed E-state index contributed by atoms with van der Waals surface area (Å²) >= 11 is 0. The van der Waals surface area contributed by atoms with Crippen LogP contribution in [0.15, 0.2) is 67.1 Å². The zero-order valence-corrected chi connectivity index (χ0v) is 11.5. The second kappa shape index (κ2) is 5.04. The van der Waals surface area contributed by atoms with Crippen LogP contribution < -0.4 is 0 Å². The lowest BCUT2D eigenvalue weighted by Gasteiger charge is -2.03. The van der Waals surface area contributed by atoms with Crippen molar-refractivity contribution in [1.29, 1.82) is 0 Å². The van der Waals surface area contributed by atoms with Crippen LogP contribution in [0.4, 0.5) is 4.39 Å². The highest BCUT2D eigenvalue weighted by molar-refractivity contribution is 5.69. The standard InChI is InChI=1S/C17H11FN4/c18-15-7-5-13(6-8-15)12-1-3-14(4-2-12)16-11-22-17(21-16)19-9-10-20-22/h1-11H. The molecule has 2 aromatic heterocycles. The van der Waals surface area contributed by atoms with Gasteiger partial charge in [-0.25, -0.2) is 18.9 Å². The molecule has 0 fully saturated rings. The van der Waals surface area contributed by atoms with Gasteiger partial charge in [0.2, 0.25) is 0 Å². The molecule has 4 rings (SSSR count). The predicted molar refractivity (Wildman–Crippen MR) is 81.6 cm³/mol. The Kier molecular flexibility index (Phi) is 2.89. The molecule has 0 radical (unpaired) electrons. The summed E-state index contributed by atoms with van der Waals surface area (Å²) in [4.78, 5) is 8.59. The molecule has 0 saturated heterocycles. The summed E-state index contributed by atoms with van der Waals surface area (Å²) < 4.78 is 14.6. The van der Waals surface area contributed by atoms with E-state index in [1.54, 1.807) is 29.0 Å². The molecule has 4 nitrogen and oxygen atoms in total. The minimum atomic E-state index is -0.231. The molecule has 2 heterocycles. The first kappa shape index (κ1) is 12.6. The van der Waals surface area contributed by atoms with Gasteiger partial charge in [0, 0.05) is 5.56 Å². The van der Waals surface area contributed by atoms with Gasteiger partial charge in [-0.3, -0.25) is 0 Å². The molecule has 0 saturated carbocycles. The molecular formula is C17H11FN4. The van der Waals surface area contributed by atoms with Crippen LogP contribution in [0.5, 0.6) is 0 Å². The van der Waals surface area contributed by atoms with Gasteiger partial charge in [-0.1, -0.05) is 36.4 Å². The van der Waals surface area contributed by atoms with Crippen molar-refractivity contribution in [1.82, 2.24) is 19.6 Å². The summed E-state index contributed by atoms with van der Waals surface area (Å²) in [5.74, 6) is 0.338. The minimum Gasteiger partial charge on any atom is -0.218 e. The number of benzene rings is 2. The van der Waals surface area contributed by atoms with Gasteiger partial charge in [-0.05, 0) is 23.3 Å². The Hall–Kier alpha value is -3.08. The molecule has 0 aliphatic carbocycles. The molecule has 0 amide bonds. The van der Waals surface area contributed by atoms with Gasteiger partial charge in [0.15, 0.2) is 0 Å². The molecule has 5 heteroatoms. The van der Waals surface area contributed by atoms with E-state index < -0.39 is 0 Å². The Morgan fingerprint density at radius 1 is 0.773 bits per heavy atom. The zero-order valence-electron chi connectivity index (χ0n) is 11.5. The number of rotatable bonds is 2. The number of halogens is 1. The molecule has 0 aliphatic heterocycles. The maximum atomic E-state index is 13.0. The molecule has 0 N–H and O–H groups in total. The van der Waals surface area contributed by atoms with Gasteiger partial charge in [-0.2, -0.15) is 5.10 Å². The Labute approximate surface area is 125 Å². The van der Waals surface area contributed by atoms with Crippen molar-refractivity contribution in [2.75, 3.05) is 0 Å². The van der Waals surface area contributed by atoms with Gasteiger partial charge in [-0.15, -0.1) is 0 Å². The van der Waals surface area contributed by atoms with Crippen molar-refractivity contribution in [2.24, 2.45) is 0 Å². The fraction of sp³-hybridized carbons (Fsp3) is 0. The van der Waals surface area contributed by atoms with E-state index in [-0.39, 0.29) is 5.82 Å². The third kappa shape index (κ3) is 2.22.